The third-order valence-electron chi connectivity index (χ3n) is 4.37. The number of anilines is 1. The number of aryl methyl sites for hydroxylation is 1. The summed E-state index contributed by atoms with van der Waals surface area (Å²) in [5.74, 6) is -0.658. The van der Waals surface area contributed by atoms with Crippen molar-refractivity contribution in [3.8, 4) is 11.6 Å². The second-order valence-electron chi connectivity index (χ2n) is 6.29. The van der Waals surface area contributed by atoms with Crippen LogP contribution in [0.5, 0.6) is 11.6 Å². The number of halogens is 1. The van der Waals surface area contributed by atoms with Crippen LogP contribution in [0.25, 0.3) is 5.52 Å². The molecule has 0 spiro atoms. The fraction of sp³-hybridized carbons (Fsp3) is 0.0952. The number of rotatable bonds is 5. The maximum atomic E-state index is 14.6. The highest BCUT2D eigenvalue weighted by atomic mass is 32.2. The summed E-state index contributed by atoms with van der Waals surface area (Å²) in [6.07, 6.45) is 5.09. The van der Waals surface area contributed by atoms with E-state index in [-0.39, 0.29) is 17.5 Å². The Morgan fingerprint density at radius 3 is 2.69 bits per heavy atom. The predicted octanol–water partition coefficient (Wildman–Crippen LogP) is 4.94. The predicted molar refractivity (Wildman–Crippen MR) is 110 cm³/mol. The van der Waals surface area contributed by atoms with Crippen molar-refractivity contribution in [1.29, 1.82) is 0 Å². The molecule has 0 saturated heterocycles. The number of hydrogen-bond acceptors (Lipinski definition) is 5. The van der Waals surface area contributed by atoms with E-state index < -0.39 is 5.82 Å². The van der Waals surface area contributed by atoms with Crippen LogP contribution in [0.4, 0.5) is 10.1 Å². The number of nitrogens with one attached hydrogen (secondary N) is 1. The van der Waals surface area contributed by atoms with Crippen LogP contribution >= 0.6 is 11.8 Å². The van der Waals surface area contributed by atoms with E-state index >= 15 is 0 Å². The van der Waals surface area contributed by atoms with E-state index in [9.17, 15) is 9.18 Å². The highest BCUT2D eigenvalue weighted by molar-refractivity contribution is 7.98. The smallest absolute Gasteiger partial charge is 0.255 e. The molecular weight excluding hydrogens is 391 g/mol. The molecule has 0 aliphatic heterocycles. The summed E-state index contributed by atoms with van der Waals surface area (Å²) in [5, 5.41) is 6.79. The van der Waals surface area contributed by atoms with Gasteiger partial charge >= 0.3 is 0 Å². The Kier molecular flexibility index (Phi) is 5.18. The monoisotopic (exact) mass is 408 g/mol. The van der Waals surface area contributed by atoms with Gasteiger partial charge in [-0.15, -0.1) is 11.8 Å². The summed E-state index contributed by atoms with van der Waals surface area (Å²) in [4.78, 5) is 17.5. The molecule has 0 bridgehead atoms. The number of aromatic nitrogens is 3. The summed E-state index contributed by atoms with van der Waals surface area (Å²) in [6.45, 7) is 1.90. The third-order valence-corrected chi connectivity index (χ3v) is 5.11. The van der Waals surface area contributed by atoms with E-state index in [4.69, 9.17) is 4.74 Å². The van der Waals surface area contributed by atoms with E-state index in [0.29, 0.717) is 16.8 Å². The Labute approximate surface area is 170 Å². The number of ether oxygens (including phenoxy) is 1. The zero-order valence-corrected chi connectivity index (χ0v) is 16.5. The molecule has 4 rings (SSSR count). The first-order valence-electron chi connectivity index (χ1n) is 8.77. The minimum Gasteiger partial charge on any atom is -0.434 e. The molecule has 8 heteroatoms. The Morgan fingerprint density at radius 1 is 1.17 bits per heavy atom. The molecule has 0 saturated carbocycles. The largest absolute Gasteiger partial charge is 0.434 e. The van der Waals surface area contributed by atoms with Crippen molar-refractivity contribution in [2.75, 3.05) is 11.6 Å². The maximum Gasteiger partial charge on any atom is 0.255 e. The number of thioether (sulfide) groups is 1. The minimum atomic E-state index is -0.610. The molecule has 29 heavy (non-hydrogen) atoms. The molecule has 0 aliphatic rings. The first-order chi connectivity index (χ1) is 14.0. The fourth-order valence-electron chi connectivity index (χ4n) is 2.86. The second kappa shape index (κ2) is 7.92. The van der Waals surface area contributed by atoms with Crippen molar-refractivity contribution in [2.24, 2.45) is 0 Å². The normalized spacial score (nSPS) is 10.9. The summed E-state index contributed by atoms with van der Waals surface area (Å²) in [6, 6.07) is 13.3. The number of carbonyl (C=O) groups excluding carboxylic acids is 1. The van der Waals surface area contributed by atoms with E-state index in [0.717, 1.165) is 10.5 Å². The zero-order chi connectivity index (χ0) is 20.4. The van der Waals surface area contributed by atoms with Gasteiger partial charge in [0.15, 0.2) is 11.6 Å². The average molecular weight is 408 g/mol. The SMILES string of the molecule is CSc1ccc(C(=O)Nc2ccc(Oc3ncnn4ccc(C)c34)c(F)c2)cc1. The molecule has 1 amide bonds. The van der Waals surface area contributed by atoms with Gasteiger partial charge in [-0.3, -0.25) is 4.79 Å². The lowest BCUT2D eigenvalue weighted by Crippen LogP contribution is -2.12. The number of amides is 1. The molecule has 146 valence electrons. The van der Waals surface area contributed by atoms with Crippen molar-refractivity contribution in [1.82, 2.24) is 14.6 Å². The van der Waals surface area contributed by atoms with Crippen LogP contribution in [0.2, 0.25) is 0 Å². The van der Waals surface area contributed by atoms with Crippen molar-refractivity contribution in [3.05, 3.63) is 78.0 Å². The molecule has 0 aliphatic carbocycles. The molecule has 0 radical (unpaired) electrons. The number of benzene rings is 2. The molecule has 0 fully saturated rings. The highest BCUT2D eigenvalue weighted by Gasteiger charge is 2.14. The number of nitrogens with zero attached hydrogens (tertiary/aromatic N) is 3. The van der Waals surface area contributed by atoms with Gasteiger partial charge in [-0.1, -0.05) is 0 Å². The van der Waals surface area contributed by atoms with Gasteiger partial charge in [0.1, 0.15) is 11.8 Å². The molecule has 1 N–H and O–H groups in total. The molecule has 2 heterocycles. The second-order valence-corrected chi connectivity index (χ2v) is 7.17. The zero-order valence-electron chi connectivity index (χ0n) is 15.7. The minimum absolute atomic E-state index is 0.00789. The van der Waals surface area contributed by atoms with E-state index in [2.05, 4.69) is 15.4 Å². The van der Waals surface area contributed by atoms with Gasteiger partial charge in [0, 0.05) is 28.4 Å². The standard InChI is InChI=1S/C21H17FN4O2S/c1-13-9-10-26-19(13)21(23-12-24-26)28-18-8-5-15(11-17(18)22)25-20(27)14-3-6-16(29-2)7-4-14/h3-12H,1-2H3,(H,25,27). The number of carbonyl (C=O) groups is 1. The lowest BCUT2D eigenvalue weighted by molar-refractivity contribution is 0.102. The summed E-state index contributed by atoms with van der Waals surface area (Å²) in [5.41, 5.74) is 2.41. The molecule has 2 aromatic carbocycles. The first-order valence-corrected chi connectivity index (χ1v) is 9.99. The number of hydrogen-bond donors (Lipinski definition) is 1. The average Bonchev–Trinajstić information content (AvgIpc) is 3.12. The van der Waals surface area contributed by atoms with Gasteiger partial charge in [-0.05, 0) is 61.2 Å². The number of fused-ring (bicyclic) bond motifs is 1. The van der Waals surface area contributed by atoms with Gasteiger partial charge < -0.3 is 10.1 Å². The van der Waals surface area contributed by atoms with Crippen molar-refractivity contribution in [3.63, 3.8) is 0 Å². The van der Waals surface area contributed by atoms with Crippen LogP contribution in [0.15, 0.2) is 66.0 Å². The molecule has 0 atom stereocenters. The van der Waals surface area contributed by atoms with Gasteiger partial charge in [0.05, 0.1) is 0 Å². The molecule has 4 aromatic rings. The van der Waals surface area contributed by atoms with E-state index in [1.54, 1.807) is 40.7 Å². The van der Waals surface area contributed by atoms with Crippen molar-refractivity contribution in [2.45, 2.75) is 11.8 Å². The molecule has 0 unspecified atom stereocenters. The van der Waals surface area contributed by atoms with E-state index in [1.807, 2.05) is 31.4 Å². The van der Waals surface area contributed by atoms with Gasteiger partial charge in [-0.2, -0.15) is 10.1 Å². The van der Waals surface area contributed by atoms with Crippen LogP contribution in [0.3, 0.4) is 0 Å². The maximum absolute atomic E-state index is 14.6. The quantitative estimate of drug-likeness (QED) is 0.474. The van der Waals surface area contributed by atoms with Crippen molar-refractivity contribution >= 4 is 28.9 Å². The van der Waals surface area contributed by atoms with Crippen LogP contribution < -0.4 is 10.1 Å². The van der Waals surface area contributed by atoms with Crippen LogP contribution in [-0.4, -0.2) is 26.8 Å². The lowest BCUT2D eigenvalue weighted by Gasteiger charge is -2.10. The highest BCUT2D eigenvalue weighted by Crippen LogP contribution is 2.29. The van der Waals surface area contributed by atoms with Gasteiger partial charge in [0.2, 0.25) is 5.88 Å². The van der Waals surface area contributed by atoms with Crippen molar-refractivity contribution < 1.29 is 13.9 Å². The lowest BCUT2D eigenvalue weighted by atomic mass is 10.2. The van der Waals surface area contributed by atoms with Crippen LogP contribution in [-0.2, 0) is 0 Å². The Balaban J connectivity index is 1.53. The molecular formula is C21H17FN4O2S. The van der Waals surface area contributed by atoms with Gasteiger partial charge in [0.25, 0.3) is 5.91 Å². The Morgan fingerprint density at radius 2 is 1.97 bits per heavy atom. The van der Waals surface area contributed by atoms with Crippen LogP contribution in [0.1, 0.15) is 15.9 Å². The summed E-state index contributed by atoms with van der Waals surface area (Å²) in [7, 11) is 0. The molecule has 6 nitrogen and oxygen atoms in total. The van der Waals surface area contributed by atoms with E-state index in [1.165, 1.54) is 18.5 Å². The fourth-order valence-corrected chi connectivity index (χ4v) is 3.27. The summed E-state index contributed by atoms with van der Waals surface area (Å²) < 4.78 is 21.9. The Bertz CT molecular complexity index is 1190. The summed E-state index contributed by atoms with van der Waals surface area (Å²) >= 11 is 1.59. The first kappa shape index (κ1) is 18.9. The third kappa shape index (κ3) is 3.93. The molecule has 2 aromatic heterocycles. The van der Waals surface area contributed by atoms with Gasteiger partial charge in [-0.25, -0.2) is 8.91 Å². The van der Waals surface area contributed by atoms with Crippen LogP contribution in [0, 0.1) is 12.7 Å². The Hall–Kier alpha value is -3.39. The topological polar surface area (TPSA) is 68.5 Å².